The Hall–Kier alpha value is -0.640. The molecule has 0 aliphatic rings. The second-order valence-electron chi connectivity index (χ2n) is 5.09. The number of carbonyl (C=O) groups excluding carboxylic acids is 1. The third kappa shape index (κ3) is 10.7. The van der Waals surface area contributed by atoms with Gasteiger partial charge >= 0.3 is 13.6 Å². The molecule has 124 valence electrons. The smallest absolute Gasteiger partial charge is 0.334 e. The van der Waals surface area contributed by atoms with E-state index in [4.69, 9.17) is 13.8 Å². The highest BCUT2D eigenvalue weighted by Gasteiger charge is 2.23. The van der Waals surface area contributed by atoms with Gasteiger partial charge in [-0.15, -0.1) is 0 Å². The minimum Gasteiger partial charge on any atom is -0.463 e. The molecule has 0 aliphatic carbocycles. The minimum atomic E-state index is -3.02. The van der Waals surface area contributed by atoms with Gasteiger partial charge in [-0.05, 0) is 47.5 Å². The second-order valence-corrected chi connectivity index (χ2v) is 7.14. The molecule has 0 heterocycles. The zero-order valence-electron chi connectivity index (χ0n) is 13.9. The molecule has 0 aromatic heterocycles. The highest BCUT2D eigenvalue weighted by molar-refractivity contribution is 7.54. The maximum Gasteiger partial charge on any atom is 0.334 e. The molecule has 0 fully saturated rings. The van der Waals surface area contributed by atoms with E-state index in [1.165, 1.54) is 0 Å². The van der Waals surface area contributed by atoms with E-state index in [1.807, 2.05) is 26.8 Å². The average Bonchev–Trinajstić information content (AvgIpc) is 2.34. The Morgan fingerprint density at radius 1 is 1.19 bits per heavy atom. The van der Waals surface area contributed by atoms with Crippen LogP contribution in [0.2, 0.25) is 0 Å². The largest absolute Gasteiger partial charge is 0.463 e. The van der Waals surface area contributed by atoms with E-state index in [0.717, 1.165) is 18.4 Å². The molecule has 0 aliphatic heterocycles. The van der Waals surface area contributed by atoms with Gasteiger partial charge < -0.3 is 13.8 Å². The predicted molar refractivity (Wildman–Crippen MR) is 84.6 cm³/mol. The fourth-order valence-electron chi connectivity index (χ4n) is 1.81. The number of hydrogen-bond donors (Lipinski definition) is 0. The van der Waals surface area contributed by atoms with Crippen LogP contribution in [0.1, 0.15) is 53.9 Å². The van der Waals surface area contributed by atoms with Gasteiger partial charge in [0.2, 0.25) is 0 Å². The van der Waals surface area contributed by atoms with Crippen molar-refractivity contribution in [3.8, 4) is 0 Å². The number of esters is 1. The van der Waals surface area contributed by atoms with E-state index in [1.54, 1.807) is 13.8 Å². The summed E-state index contributed by atoms with van der Waals surface area (Å²) < 4.78 is 27.9. The lowest BCUT2D eigenvalue weighted by Gasteiger charge is -2.17. The molecule has 0 radical (unpaired) electrons. The van der Waals surface area contributed by atoms with E-state index < -0.39 is 7.60 Å². The topological polar surface area (TPSA) is 61.8 Å². The monoisotopic (exact) mass is 320 g/mol. The van der Waals surface area contributed by atoms with E-state index in [-0.39, 0.29) is 12.1 Å². The Labute approximate surface area is 128 Å². The summed E-state index contributed by atoms with van der Waals surface area (Å²) in [6, 6.07) is 0. The molecule has 0 amide bonds. The normalized spacial score (nSPS) is 12.8. The molecule has 0 bridgehead atoms. The van der Waals surface area contributed by atoms with Crippen molar-refractivity contribution in [2.45, 2.75) is 60.0 Å². The molecule has 5 nitrogen and oxygen atoms in total. The van der Waals surface area contributed by atoms with Crippen LogP contribution in [0, 0.1) is 0 Å². The van der Waals surface area contributed by atoms with Crippen LogP contribution < -0.4 is 0 Å². The Morgan fingerprint density at radius 2 is 1.76 bits per heavy atom. The Morgan fingerprint density at radius 3 is 2.24 bits per heavy atom. The fourth-order valence-corrected chi connectivity index (χ4v) is 3.59. The molecule has 0 rings (SSSR count). The van der Waals surface area contributed by atoms with Crippen molar-refractivity contribution in [3.05, 3.63) is 11.6 Å². The van der Waals surface area contributed by atoms with Gasteiger partial charge in [0.1, 0.15) is 0 Å². The van der Waals surface area contributed by atoms with E-state index in [0.29, 0.717) is 25.8 Å². The van der Waals surface area contributed by atoms with Crippen molar-refractivity contribution >= 4 is 13.6 Å². The first kappa shape index (κ1) is 20.4. The Kier molecular flexibility index (Phi) is 10.7. The summed E-state index contributed by atoms with van der Waals surface area (Å²) in [6.45, 7) is 9.90. The third-order valence-corrected chi connectivity index (χ3v) is 4.73. The number of ether oxygens (including phenoxy) is 1. The highest BCUT2D eigenvalue weighted by Crippen LogP contribution is 2.49. The molecule has 0 N–H and O–H groups in total. The molecule has 6 heteroatoms. The number of hydrogen-bond acceptors (Lipinski definition) is 5. The summed E-state index contributed by atoms with van der Waals surface area (Å²) in [6.07, 6.45) is 4.07. The molecule has 0 atom stereocenters. The van der Waals surface area contributed by atoms with Gasteiger partial charge in [0, 0.05) is 6.42 Å². The SMILES string of the molecule is CCOP(=O)(CC(C)=CCCCC(=O)OC(C)C)OCC. The quantitative estimate of drug-likeness (QED) is 0.245. The van der Waals surface area contributed by atoms with Gasteiger partial charge in [0.25, 0.3) is 0 Å². The summed E-state index contributed by atoms with van der Waals surface area (Å²) in [4.78, 5) is 11.4. The van der Waals surface area contributed by atoms with Gasteiger partial charge in [-0.3, -0.25) is 9.36 Å². The van der Waals surface area contributed by atoms with Crippen LogP contribution in [-0.4, -0.2) is 31.4 Å². The maximum absolute atomic E-state index is 12.3. The van der Waals surface area contributed by atoms with E-state index in [2.05, 4.69) is 0 Å². The van der Waals surface area contributed by atoms with Crippen molar-refractivity contribution in [1.29, 1.82) is 0 Å². The first-order valence-electron chi connectivity index (χ1n) is 7.56. The molecular formula is C15H29O5P. The van der Waals surface area contributed by atoms with Gasteiger partial charge in [0.05, 0.1) is 25.5 Å². The van der Waals surface area contributed by atoms with Crippen molar-refractivity contribution in [2.75, 3.05) is 19.4 Å². The van der Waals surface area contributed by atoms with Crippen LogP contribution in [0.4, 0.5) is 0 Å². The average molecular weight is 320 g/mol. The lowest BCUT2D eigenvalue weighted by Crippen LogP contribution is -2.10. The third-order valence-electron chi connectivity index (χ3n) is 2.54. The molecule has 0 aromatic carbocycles. The maximum atomic E-state index is 12.3. The summed E-state index contributed by atoms with van der Waals surface area (Å²) in [5.74, 6) is -0.176. The van der Waals surface area contributed by atoms with Crippen molar-refractivity contribution in [3.63, 3.8) is 0 Å². The van der Waals surface area contributed by atoms with Crippen LogP contribution in [0.15, 0.2) is 11.6 Å². The van der Waals surface area contributed by atoms with Crippen molar-refractivity contribution < 1.29 is 23.1 Å². The minimum absolute atomic E-state index is 0.0713. The lowest BCUT2D eigenvalue weighted by molar-refractivity contribution is -0.147. The Bertz CT molecular complexity index is 366. The zero-order chi connectivity index (χ0) is 16.3. The summed E-state index contributed by atoms with van der Waals surface area (Å²) in [5.41, 5.74) is 0.956. The first-order chi connectivity index (χ1) is 9.83. The lowest BCUT2D eigenvalue weighted by atomic mass is 10.2. The number of allylic oxidation sites excluding steroid dienone is 2. The zero-order valence-corrected chi connectivity index (χ0v) is 14.8. The van der Waals surface area contributed by atoms with Gasteiger partial charge in [0.15, 0.2) is 0 Å². The summed E-state index contributed by atoms with van der Waals surface area (Å²) >= 11 is 0. The number of carbonyl (C=O) groups is 1. The van der Waals surface area contributed by atoms with Crippen LogP contribution in [0.25, 0.3) is 0 Å². The van der Waals surface area contributed by atoms with Crippen LogP contribution in [-0.2, 0) is 23.1 Å². The molecular weight excluding hydrogens is 291 g/mol. The van der Waals surface area contributed by atoms with Gasteiger partial charge in [-0.2, -0.15) is 0 Å². The summed E-state index contributed by atoms with van der Waals surface area (Å²) in [5, 5.41) is 0. The molecule has 0 saturated heterocycles. The fraction of sp³-hybridized carbons (Fsp3) is 0.800. The second kappa shape index (κ2) is 11.0. The van der Waals surface area contributed by atoms with E-state index in [9.17, 15) is 9.36 Å². The van der Waals surface area contributed by atoms with Crippen molar-refractivity contribution in [2.24, 2.45) is 0 Å². The molecule has 21 heavy (non-hydrogen) atoms. The Balaban J connectivity index is 4.17. The van der Waals surface area contributed by atoms with Crippen molar-refractivity contribution in [1.82, 2.24) is 0 Å². The molecule has 0 saturated carbocycles. The summed E-state index contributed by atoms with van der Waals surface area (Å²) in [7, 11) is -3.02. The highest BCUT2D eigenvalue weighted by atomic mass is 31.2. The van der Waals surface area contributed by atoms with Crippen LogP contribution in [0.5, 0.6) is 0 Å². The number of rotatable bonds is 11. The van der Waals surface area contributed by atoms with E-state index >= 15 is 0 Å². The van der Waals surface area contributed by atoms with Gasteiger partial charge in [-0.1, -0.05) is 11.6 Å². The van der Waals surface area contributed by atoms with Crippen LogP contribution >= 0.6 is 7.60 Å². The van der Waals surface area contributed by atoms with Gasteiger partial charge in [-0.25, -0.2) is 0 Å². The number of unbranched alkanes of at least 4 members (excludes halogenated alkanes) is 1. The predicted octanol–water partition coefficient (Wildman–Crippen LogP) is 4.32. The standard InChI is InChI=1S/C15H29O5P/c1-6-18-21(17,19-7-2)12-14(5)10-8-9-11-15(16)20-13(3)4/h10,13H,6-9,11-12H2,1-5H3. The molecule has 0 spiro atoms. The molecule has 0 unspecified atom stereocenters. The first-order valence-corrected chi connectivity index (χ1v) is 9.29. The molecule has 0 aromatic rings. The van der Waals surface area contributed by atoms with Crippen LogP contribution in [0.3, 0.4) is 0 Å².